The van der Waals surface area contributed by atoms with E-state index in [1.165, 1.54) is 12.1 Å². The van der Waals surface area contributed by atoms with Crippen LogP contribution in [-0.4, -0.2) is 53.1 Å². The fourth-order valence-corrected chi connectivity index (χ4v) is 3.85. The van der Waals surface area contributed by atoms with Gasteiger partial charge >= 0.3 is 6.36 Å². The van der Waals surface area contributed by atoms with Gasteiger partial charge in [0.1, 0.15) is 12.0 Å². The molecule has 0 radical (unpaired) electrons. The number of anilines is 1. The smallest absolute Gasteiger partial charge is 0.405 e. The van der Waals surface area contributed by atoms with Crippen molar-refractivity contribution >= 4 is 16.6 Å². The van der Waals surface area contributed by atoms with Crippen LogP contribution in [0.15, 0.2) is 53.5 Å². The van der Waals surface area contributed by atoms with Crippen LogP contribution in [0.2, 0.25) is 0 Å². The molecule has 0 spiro atoms. The van der Waals surface area contributed by atoms with Crippen LogP contribution in [0.3, 0.4) is 0 Å². The lowest BCUT2D eigenvalue weighted by Gasteiger charge is -2.13. The molecule has 0 aliphatic carbocycles. The predicted octanol–water partition coefficient (Wildman–Crippen LogP) is 4.61. The molecule has 4 rings (SSSR count). The lowest BCUT2D eigenvalue weighted by Crippen LogP contribution is -2.19. The average Bonchev–Trinajstić information content (AvgIpc) is 3.57. The molecule has 4 aromatic rings. The number of rotatable bonds is 14. The van der Waals surface area contributed by atoms with Crippen LogP contribution in [0.4, 0.5) is 18.9 Å². The van der Waals surface area contributed by atoms with Gasteiger partial charge in [0.05, 0.1) is 31.1 Å². The summed E-state index contributed by atoms with van der Waals surface area (Å²) in [6.07, 6.45) is 1.98. The molecule has 4 N–H and O–H groups in total. The Morgan fingerprint density at radius 1 is 1.03 bits per heavy atom. The van der Waals surface area contributed by atoms with Gasteiger partial charge in [-0.2, -0.15) is 5.10 Å². The molecule has 2 aromatic heterocycles. The first-order chi connectivity index (χ1) is 17.9. The molecule has 0 unspecified atom stereocenters. The maximum atomic E-state index is 12.4. The van der Waals surface area contributed by atoms with Crippen LogP contribution < -0.4 is 15.4 Å². The maximum Gasteiger partial charge on any atom is 0.573 e. The summed E-state index contributed by atoms with van der Waals surface area (Å²) < 4.78 is 51.9. The number of unbranched alkanes of at least 4 members (excludes halogenated alkanes) is 1. The van der Waals surface area contributed by atoms with Gasteiger partial charge < -0.3 is 29.7 Å². The zero-order valence-electron chi connectivity index (χ0n) is 20.0. The summed E-state index contributed by atoms with van der Waals surface area (Å²) in [4.78, 5) is 0. The van der Waals surface area contributed by atoms with E-state index in [0.717, 1.165) is 52.7 Å². The molecular weight excluding hydrogens is 491 g/mol. The first-order valence-electron chi connectivity index (χ1n) is 11.8. The number of fused-ring (bicyclic) bond motifs is 1. The van der Waals surface area contributed by atoms with E-state index >= 15 is 0 Å². The number of nitrogens with one attached hydrogen (secondary N) is 3. The molecule has 12 heteroatoms. The highest BCUT2D eigenvalue weighted by Crippen LogP contribution is 2.30. The Labute approximate surface area is 210 Å². The Morgan fingerprint density at radius 3 is 2.70 bits per heavy atom. The molecule has 198 valence electrons. The van der Waals surface area contributed by atoms with Crippen LogP contribution in [0, 0.1) is 0 Å². The zero-order chi connectivity index (χ0) is 26.1. The lowest BCUT2D eigenvalue weighted by atomic mass is 10.1. The number of alkyl halides is 3. The lowest BCUT2D eigenvalue weighted by molar-refractivity contribution is -0.275. The van der Waals surface area contributed by atoms with Crippen LogP contribution in [0.5, 0.6) is 5.75 Å². The number of hydrogen-bond acceptors (Lipinski definition) is 8. The van der Waals surface area contributed by atoms with Gasteiger partial charge in [0.25, 0.3) is 0 Å². The number of nitrogens with zero attached hydrogens (tertiary/aromatic N) is 2. The van der Waals surface area contributed by atoms with Crippen molar-refractivity contribution < 1.29 is 32.3 Å². The summed E-state index contributed by atoms with van der Waals surface area (Å²) in [6, 6.07) is 8.29. The molecule has 0 aliphatic rings. The SMILES string of the molecule is OCc1cc(CNCCCCOCCNc2cc(-c3cnoc3)cc3[nH]ncc23)ccc1OC(F)(F)F. The summed E-state index contributed by atoms with van der Waals surface area (Å²) in [5.74, 6) is -0.387. The van der Waals surface area contributed by atoms with Crippen LogP contribution in [0.25, 0.3) is 22.0 Å². The Morgan fingerprint density at radius 2 is 1.92 bits per heavy atom. The highest BCUT2D eigenvalue weighted by Gasteiger charge is 2.32. The number of halogens is 3. The van der Waals surface area contributed by atoms with Crippen LogP contribution in [-0.2, 0) is 17.9 Å². The van der Waals surface area contributed by atoms with Crippen LogP contribution >= 0.6 is 0 Å². The monoisotopic (exact) mass is 519 g/mol. The van der Waals surface area contributed by atoms with Gasteiger partial charge in [-0.1, -0.05) is 11.2 Å². The molecule has 2 aromatic carbocycles. The van der Waals surface area contributed by atoms with Gasteiger partial charge in [-0.3, -0.25) is 5.10 Å². The van der Waals surface area contributed by atoms with Gasteiger partial charge in [0, 0.05) is 41.9 Å². The Bertz CT molecular complexity index is 1260. The molecule has 0 bridgehead atoms. The van der Waals surface area contributed by atoms with E-state index < -0.39 is 13.0 Å². The van der Waals surface area contributed by atoms with Crippen molar-refractivity contribution in [1.82, 2.24) is 20.7 Å². The number of aromatic nitrogens is 3. The second-order valence-corrected chi connectivity index (χ2v) is 8.34. The van der Waals surface area contributed by atoms with Crippen LogP contribution in [0.1, 0.15) is 24.0 Å². The molecule has 0 amide bonds. The summed E-state index contributed by atoms with van der Waals surface area (Å²) in [7, 11) is 0. The largest absolute Gasteiger partial charge is 0.573 e. The minimum Gasteiger partial charge on any atom is -0.405 e. The second-order valence-electron chi connectivity index (χ2n) is 8.34. The van der Waals surface area contributed by atoms with Gasteiger partial charge in [-0.05, 0) is 54.8 Å². The summed E-state index contributed by atoms with van der Waals surface area (Å²) in [5, 5.41) is 27.8. The Kier molecular flexibility index (Phi) is 8.99. The van der Waals surface area contributed by atoms with Crippen molar-refractivity contribution in [3.63, 3.8) is 0 Å². The first kappa shape index (κ1) is 26.5. The Balaban J connectivity index is 1.11. The van der Waals surface area contributed by atoms with Crippen molar-refractivity contribution in [2.75, 3.05) is 31.6 Å². The van der Waals surface area contributed by atoms with E-state index in [2.05, 4.69) is 30.7 Å². The third kappa shape index (κ3) is 7.68. The predicted molar refractivity (Wildman–Crippen MR) is 131 cm³/mol. The number of benzene rings is 2. The minimum absolute atomic E-state index is 0.0948. The maximum absolute atomic E-state index is 12.4. The number of aliphatic hydroxyl groups excluding tert-OH is 1. The Hall–Kier alpha value is -3.61. The van der Waals surface area contributed by atoms with E-state index in [0.29, 0.717) is 26.3 Å². The highest BCUT2D eigenvalue weighted by molar-refractivity contribution is 5.95. The molecule has 0 fully saturated rings. The van der Waals surface area contributed by atoms with Crippen molar-refractivity contribution in [3.8, 4) is 16.9 Å². The third-order valence-corrected chi connectivity index (χ3v) is 5.63. The topological polar surface area (TPSA) is 117 Å². The number of hydrogen-bond donors (Lipinski definition) is 4. The number of ether oxygens (including phenoxy) is 2. The summed E-state index contributed by atoms with van der Waals surface area (Å²) in [6.45, 7) is 2.45. The molecule has 37 heavy (non-hydrogen) atoms. The van der Waals surface area contributed by atoms with Gasteiger partial charge in [-0.15, -0.1) is 13.2 Å². The first-order valence-corrected chi connectivity index (χ1v) is 11.8. The summed E-state index contributed by atoms with van der Waals surface area (Å²) >= 11 is 0. The normalized spacial score (nSPS) is 11.8. The number of H-pyrrole nitrogens is 1. The minimum atomic E-state index is -4.79. The zero-order valence-corrected chi connectivity index (χ0v) is 20.0. The van der Waals surface area contributed by atoms with Crippen molar-refractivity contribution in [3.05, 3.63) is 60.1 Å². The fourth-order valence-electron chi connectivity index (χ4n) is 3.85. The molecule has 0 saturated heterocycles. The molecule has 9 nitrogen and oxygen atoms in total. The van der Waals surface area contributed by atoms with Gasteiger partial charge in [-0.25, -0.2) is 0 Å². The fraction of sp³-hybridized carbons (Fsp3) is 0.360. The van der Waals surface area contributed by atoms with E-state index in [9.17, 15) is 18.3 Å². The van der Waals surface area contributed by atoms with E-state index in [1.807, 2.05) is 12.1 Å². The molecule has 0 aliphatic heterocycles. The molecule has 0 saturated carbocycles. The van der Waals surface area contributed by atoms with Gasteiger partial charge in [0.2, 0.25) is 0 Å². The van der Waals surface area contributed by atoms with Crippen molar-refractivity contribution in [2.24, 2.45) is 0 Å². The second kappa shape index (κ2) is 12.6. The quantitative estimate of drug-likeness (QED) is 0.179. The number of aromatic amines is 1. The van der Waals surface area contributed by atoms with E-state index in [1.54, 1.807) is 24.7 Å². The average molecular weight is 520 g/mol. The standard InChI is InChI=1S/C25H28F3N5O4/c26-25(27,28)37-24-4-3-17(9-19(24)15-34)12-29-5-1-2-7-35-8-6-30-22-10-18(20-13-32-36-16-20)11-23-21(22)14-31-33-23/h3-4,9-11,13-14,16,29-30,34H,1-2,5-8,12,15H2,(H,31,33). The number of aliphatic hydroxyl groups is 1. The highest BCUT2D eigenvalue weighted by atomic mass is 19.4. The molecule has 2 heterocycles. The summed E-state index contributed by atoms with van der Waals surface area (Å²) in [5.41, 5.74) is 4.56. The van der Waals surface area contributed by atoms with E-state index in [-0.39, 0.29) is 11.3 Å². The molecule has 0 atom stereocenters. The van der Waals surface area contributed by atoms with E-state index in [4.69, 9.17) is 9.26 Å². The molecular formula is C25H28F3N5O4. The van der Waals surface area contributed by atoms with Gasteiger partial charge in [0.15, 0.2) is 0 Å². The van der Waals surface area contributed by atoms with Crippen molar-refractivity contribution in [1.29, 1.82) is 0 Å². The van der Waals surface area contributed by atoms with Crippen molar-refractivity contribution in [2.45, 2.75) is 32.4 Å². The third-order valence-electron chi connectivity index (χ3n) is 5.63.